The Morgan fingerprint density at radius 3 is 2.75 bits per heavy atom. The molecule has 16 heavy (non-hydrogen) atoms. The van der Waals surface area contributed by atoms with Gasteiger partial charge < -0.3 is 10.4 Å². The van der Waals surface area contributed by atoms with Crippen LogP contribution in [0.4, 0.5) is 0 Å². The summed E-state index contributed by atoms with van der Waals surface area (Å²) in [5, 5.41) is 11.4. The van der Waals surface area contributed by atoms with Crippen molar-refractivity contribution in [1.82, 2.24) is 5.32 Å². The largest absolute Gasteiger partial charge is 0.396 e. The van der Waals surface area contributed by atoms with Crippen LogP contribution >= 0.6 is 0 Å². The van der Waals surface area contributed by atoms with E-state index >= 15 is 0 Å². The molecule has 0 saturated heterocycles. The van der Waals surface area contributed by atoms with Crippen molar-refractivity contribution in [2.75, 3.05) is 6.61 Å². The Hall–Kier alpha value is -1.35. The van der Waals surface area contributed by atoms with Gasteiger partial charge in [0.25, 0.3) is 0 Å². The van der Waals surface area contributed by atoms with Crippen LogP contribution in [0, 0.1) is 13.8 Å². The second-order valence-corrected chi connectivity index (χ2v) is 4.03. The van der Waals surface area contributed by atoms with Crippen LogP contribution in [-0.4, -0.2) is 17.6 Å². The minimum absolute atomic E-state index is 0.00553. The first kappa shape index (κ1) is 12.7. The lowest BCUT2D eigenvalue weighted by Crippen LogP contribution is -2.23. The SMILES string of the molecule is Cc1ccc(CNC(=O)CCCO)c(C)c1. The third kappa shape index (κ3) is 4.03. The minimum atomic E-state index is -0.00553. The Bertz CT molecular complexity index is 361. The van der Waals surface area contributed by atoms with Crippen molar-refractivity contribution in [2.45, 2.75) is 33.2 Å². The number of aryl methyl sites for hydroxylation is 2. The predicted molar refractivity (Wildman–Crippen MR) is 64.1 cm³/mol. The first-order valence-corrected chi connectivity index (χ1v) is 5.57. The molecule has 0 radical (unpaired) electrons. The van der Waals surface area contributed by atoms with Crippen LogP contribution in [0.1, 0.15) is 29.5 Å². The molecule has 1 rings (SSSR count). The molecule has 0 spiro atoms. The molecule has 2 N–H and O–H groups in total. The minimum Gasteiger partial charge on any atom is -0.396 e. The highest BCUT2D eigenvalue weighted by Crippen LogP contribution is 2.10. The molecule has 3 nitrogen and oxygen atoms in total. The molecular weight excluding hydrogens is 202 g/mol. The van der Waals surface area contributed by atoms with Gasteiger partial charge in [0.05, 0.1) is 0 Å². The van der Waals surface area contributed by atoms with Crippen LogP contribution in [0.5, 0.6) is 0 Å². The van der Waals surface area contributed by atoms with Crippen LogP contribution < -0.4 is 5.32 Å². The number of nitrogens with one attached hydrogen (secondary N) is 1. The third-order valence-corrected chi connectivity index (χ3v) is 2.54. The van der Waals surface area contributed by atoms with Gasteiger partial charge in [-0.1, -0.05) is 23.8 Å². The first-order chi connectivity index (χ1) is 7.63. The zero-order chi connectivity index (χ0) is 12.0. The van der Waals surface area contributed by atoms with E-state index in [1.165, 1.54) is 11.1 Å². The van der Waals surface area contributed by atoms with Gasteiger partial charge in [0.1, 0.15) is 0 Å². The molecule has 1 aromatic carbocycles. The number of carbonyl (C=O) groups excluding carboxylic acids is 1. The zero-order valence-corrected chi connectivity index (χ0v) is 9.92. The van der Waals surface area contributed by atoms with Crippen molar-refractivity contribution in [3.63, 3.8) is 0 Å². The maximum Gasteiger partial charge on any atom is 0.220 e. The number of aliphatic hydroxyl groups excluding tert-OH is 1. The normalized spacial score (nSPS) is 10.2. The maximum absolute atomic E-state index is 11.3. The van der Waals surface area contributed by atoms with Crippen LogP contribution in [0.25, 0.3) is 0 Å². The summed E-state index contributed by atoms with van der Waals surface area (Å²) < 4.78 is 0. The zero-order valence-electron chi connectivity index (χ0n) is 9.92. The third-order valence-electron chi connectivity index (χ3n) is 2.54. The summed E-state index contributed by atoms with van der Waals surface area (Å²) in [6.45, 7) is 4.73. The second-order valence-electron chi connectivity index (χ2n) is 4.03. The summed E-state index contributed by atoms with van der Waals surface area (Å²) in [4.78, 5) is 11.3. The van der Waals surface area contributed by atoms with Crippen LogP contribution in [0.3, 0.4) is 0 Å². The Morgan fingerprint density at radius 2 is 2.12 bits per heavy atom. The summed E-state index contributed by atoms with van der Waals surface area (Å²) in [6.07, 6.45) is 0.917. The van der Waals surface area contributed by atoms with E-state index in [1.807, 2.05) is 19.1 Å². The van der Waals surface area contributed by atoms with Crippen LogP contribution in [0.2, 0.25) is 0 Å². The average Bonchev–Trinajstić information content (AvgIpc) is 2.25. The molecular formula is C13H19NO2. The molecule has 3 heteroatoms. The van der Waals surface area contributed by atoms with E-state index < -0.39 is 0 Å². The van der Waals surface area contributed by atoms with Gasteiger partial charge in [-0.2, -0.15) is 0 Å². The number of aliphatic hydroxyl groups is 1. The number of benzene rings is 1. The van der Waals surface area contributed by atoms with Crippen molar-refractivity contribution in [1.29, 1.82) is 0 Å². The fraction of sp³-hybridized carbons (Fsp3) is 0.462. The van der Waals surface area contributed by atoms with Gasteiger partial charge in [0.2, 0.25) is 5.91 Å². The van der Waals surface area contributed by atoms with Gasteiger partial charge in [0, 0.05) is 19.6 Å². The molecule has 0 heterocycles. The van der Waals surface area contributed by atoms with Gasteiger partial charge in [0.15, 0.2) is 0 Å². The molecule has 0 aliphatic heterocycles. The van der Waals surface area contributed by atoms with E-state index in [0.29, 0.717) is 19.4 Å². The highest BCUT2D eigenvalue weighted by molar-refractivity contribution is 5.75. The lowest BCUT2D eigenvalue weighted by atomic mass is 10.1. The highest BCUT2D eigenvalue weighted by Gasteiger charge is 2.02. The summed E-state index contributed by atoms with van der Waals surface area (Å²) in [7, 11) is 0. The molecule has 88 valence electrons. The summed E-state index contributed by atoms with van der Waals surface area (Å²) in [6, 6.07) is 6.19. The van der Waals surface area contributed by atoms with E-state index in [4.69, 9.17) is 5.11 Å². The molecule has 0 aliphatic carbocycles. The van der Waals surface area contributed by atoms with Gasteiger partial charge in [-0.3, -0.25) is 4.79 Å². The summed E-state index contributed by atoms with van der Waals surface area (Å²) in [5.41, 5.74) is 3.57. The van der Waals surface area contributed by atoms with E-state index in [1.54, 1.807) is 0 Å². The molecule has 1 aromatic rings. The van der Waals surface area contributed by atoms with Crippen molar-refractivity contribution in [3.8, 4) is 0 Å². The Labute approximate surface area is 96.5 Å². The fourth-order valence-corrected chi connectivity index (χ4v) is 1.57. The summed E-state index contributed by atoms with van der Waals surface area (Å²) in [5.74, 6) is -0.00553. The number of hydrogen-bond donors (Lipinski definition) is 2. The fourth-order valence-electron chi connectivity index (χ4n) is 1.57. The van der Waals surface area contributed by atoms with Crippen molar-refractivity contribution < 1.29 is 9.90 Å². The molecule has 0 saturated carbocycles. The molecule has 0 atom stereocenters. The lowest BCUT2D eigenvalue weighted by molar-refractivity contribution is -0.121. The molecule has 0 bridgehead atoms. The molecule has 0 aliphatic rings. The van der Waals surface area contributed by atoms with Gasteiger partial charge in [-0.25, -0.2) is 0 Å². The van der Waals surface area contributed by atoms with Crippen LogP contribution in [-0.2, 0) is 11.3 Å². The topological polar surface area (TPSA) is 49.3 Å². The predicted octanol–water partition coefficient (Wildman–Crippen LogP) is 1.69. The summed E-state index contributed by atoms with van der Waals surface area (Å²) >= 11 is 0. The Kier molecular flexibility index (Phi) is 4.99. The van der Waals surface area contributed by atoms with Crippen LogP contribution in [0.15, 0.2) is 18.2 Å². The van der Waals surface area contributed by atoms with Gasteiger partial charge in [-0.05, 0) is 31.4 Å². The molecule has 0 aromatic heterocycles. The first-order valence-electron chi connectivity index (χ1n) is 5.57. The molecule has 1 amide bonds. The molecule has 0 unspecified atom stereocenters. The highest BCUT2D eigenvalue weighted by atomic mass is 16.3. The smallest absolute Gasteiger partial charge is 0.220 e. The maximum atomic E-state index is 11.3. The number of hydrogen-bond acceptors (Lipinski definition) is 2. The molecule has 0 fully saturated rings. The number of carbonyl (C=O) groups is 1. The monoisotopic (exact) mass is 221 g/mol. The lowest BCUT2D eigenvalue weighted by Gasteiger charge is -2.08. The van der Waals surface area contributed by atoms with E-state index in [9.17, 15) is 4.79 Å². The standard InChI is InChI=1S/C13H19NO2/c1-10-5-6-12(11(2)8-10)9-14-13(16)4-3-7-15/h5-6,8,15H,3-4,7,9H2,1-2H3,(H,14,16). The van der Waals surface area contributed by atoms with Crippen molar-refractivity contribution >= 4 is 5.91 Å². The van der Waals surface area contributed by atoms with Gasteiger partial charge in [-0.15, -0.1) is 0 Å². The van der Waals surface area contributed by atoms with Crippen molar-refractivity contribution in [2.24, 2.45) is 0 Å². The van der Waals surface area contributed by atoms with E-state index in [-0.39, 0.29) is 12.5 Å². The average molecular weight is 221 g/mol. The quantitative estimate of drug-likeness (QED) is 0.795. The second kappa shape index (κ2) is 6.28. The van der Waals surface area contributed by atoms with E-state index in [0.717, 1.165) is 5.56 Å². The van der Waals surface area contributed by atoms with E-state index in [2.05, 4.69) is 18.3 Å². The number of rotatable bonds is 5. The Balaban J connectivity index is 2.45. The Morgan fingerprint density at radius 1 is 1.38 bits per heavy atom. The van der Waals surface area contributed by atoms with Gasteiger partial charge >= 0.3 is 0 Å². The van der Waals surface area contributed by atoms with Crippen molar-refractivity contribution in [3.05, 3.63) is 34.9 Å². The number of amides is 1.